The van der Waals surface area contributed by atoms with Crippen LogP contribution in [-0.4, -0.2) is 15.0 Å². The molecule has 0 aliphatic carbocycles. The third kappa shape index (κ3) is 4.30. The Morgan fingerprint density at radius 1 is 0.391 bits per heavy atom. The molecule has 0 aliphatic heterocycles. The van der Waals surface area contributed by atoms with Gasteiger partial charge in [-0.1, -0.05) is 72.8 Å². The van der Waals surface area contributed by atoms with Gasteiger partial charge in [-0.2, -0.15) is 5.26 Å². The molecule has 0 saturated heterocycles. The molecule has 0 fully saturated rings. The van der Waals surface area contributed by atoms with E-state index >= 15 is 0 Å². The standard InChI is InChI=1S/C40H22N4O2/c41-23-24-11-15-34-30(19-24)31-20-27(12-16-35(31)45-34)28-13-17-36-32(21-28)33-22-29(14-18-37(33)46-36)40-43-38(25-7-3-1-4-8-25)42-39(44-40)26-9-5-2-6-10-26/h1-22H. The van der Waals surface area contributed by atoms with Crippen LogP contribution in [-0.2, 0) is 0 Å². The van der Waals surface area contributed by atoms with Gasteiger partial charge >= 0.3 is 0 Å². The van der Waals surface area contributed by atoms with Crippen LogP contribution in [0, 0.1) is 11.3 Å². The van der Waals surface area contributed by atoms with Crippen LogP contribution in [0.3, 0.4) is 0 Å². The van der Waals surface area contributed by atoms with Gasteiger partial charge in [-0.05, 0) is 71.8 Å². The Bertz CT molecular complexity index is 2590. The van der Waals surface area contributed by atoms with E-state index in [0.717, 1.165) is 71.7 Å². The molecule has 6 heteroatoms. The first kappa shape index (κ1) is 25.9. The van der Waals surface area contributed by atoms with E-state index in [-0.39, 0.29) is 0 Å². The Balaban J connectivity index is 1.19. The van der Waals surface area contributed by atoms with Gasteiger partial charge in [-0.3, -0.25) is 0 Å². The Hall–Kier alpha value is -6.58. The molecule has 9 rings (SSSR count). The Kier molecular flexibility index (Phi) is 5.77. The maximum absolute atomic E-state index is 9.43. The van der Waals surface area contributed by atoms with Crippen molar-refractivity contribution < 1.29 is 8.83 Å². The molecule has 0 atom stereocenters. The van der Waals surface area contributed by atoms with E-state index < -0.39 is 0 Å². The molecule has 0 radical (unpaired) electrons. The Labute approximate surface area is 262 Å². The average molecular weight is 591 g/mol. The second-order valence-corrected chi connectivity index (χ2v) is 11.2. The maximum Gasteiger partial charge on any atom is 0.164 e. The lowest BCUT2D eigenvalue weighted by atomic mass is 10.00. The summed E-state index contributed by atoms with van der Waals surface area (Å²) < 4.78 is 12.3. The predicted octanol–water partition coefficient (Wildman–Crippen LogP) is 10.2. The van der Waals surface area contributed by atoms with Crippen LogP contribution in [0.15, 0.2) is 142 Å². The zero-order valence-electron chi connectivity index (χ0n) is 24.3. The lowest BCUT2D eigenvalue weighted by molar-refractivity contribution is 0.668. The van der Waals surface area contributed by atoms with Crippen LogP contribution in [0.25, 0.3) is 89.2 Å². The predicted molar refractivity (Wildman–Crippen MR) is 181 cm³/mol. The van der Waals surface area contributed by atoms with Crippen molar-refractivity contribution >= 4 is 43.9 Å². The van der Waals surface area contributed by atoms with E-state index in [1.807, 2.05) is 97.1 Å². The van der Waals surface area contributed by atoms with E-state index in [1.54, 1.807) is 6.07 Å². The number of furan rings is 2. The minimum absolute atomic E-state index is 0.592. The lowest BCUT2D eigenvalue weighted by Crippen LogP contribution is -2.00. The summed E-state index contributed by atoms with van der Waals surface area (Å²) in [5.41, 5.74) is 8.56. The molecule has 6 aromatic carbocycles. The zero-order chi connectivity index (χ0) is 30.6. The molecule has 0 bridgehead atoms. The number of aromatic nitrogens is 3. The van der Waals surface area contributed by atoms with Gasteiger partial charge < -0.3 is 8.83 Å². The smallest absolute Gasteiger partial charge is 0.164 e. The minimum Gasteiger partial charge on any atom is -0.456 e. The van der Waals surface area contributed by atoms with E-state index in [2.05, 4.69) is 36.4 Å². The molecule has 214 valence electrons. The molecular formula is C40H22N4O2. The Morgan fingerprint density at radius 3 is 1.26 bits per heavy atom. The fourth-order valence-corrected chi connectivity index (χ4v) is 6.06. The first-order valence-electron chi connectivity index (χ1n) is 14.9. The number of hydrogen-bond acceptors (Lipinski definition) is 6. The number of hydrogen-bond donors (Lipinski definition) is 0. The van der Waals surface area contributed by atoms with Gasteiger partial charge in [0, 0.05) is 38.2 Å². The molecule has 0 amide bonds. The van der Waals surface area contributed by atoms with Crippen LogP contribution in [0.4, 0.5) is 0 Å². The SMILES string of the molecule is N#Cc1ccc2oc3ccc(-c4ccc5oc6ccc(-c7nc(-c8ccccc8)nc(-c8ccccc8)n7)cc6c5c4)cc3c2c1. The van der Waals surface area contributed by atoms with Crippen LogP contribution in [0.2, 0.25) is 0 Å². The van der Waals surface area contributed by atoms with Gasteiger partial charge in [0.2, 0.25) is 0 Å². The van der Waals surface area contributed by atoms with E-state index in [4.69, 9.17) is 23.8 Å². The van der Waals surface area contributed by atoms with E-state index in [9.17, 15) is 5.26 Å². The fraction of sp³-hybridized carbons (Fsp3) is 0. The highest BCUT2D eigenvalue weighted by atomic mass is 16.3. The van der Waals surface area contributed by atoms with Crippen molar-refractivity contribution in [1.29, 1.82) is 5.26 Å². The van der Waals surface area contributed by atoms with Crippen molar-refractivity contribution in [2.75, 3.05) is 0 Å². The highest BCUT2D eigenvalue weighted by Crippen LogP contribution is 2.37. The third-order valence-electron chi connectivity index (χ3n) is 8.36. The summed E-state index contributed by atoms with van der Waals surface area (Å²) in [4.78, 5) is 14.7. The van der Waals surface area contributed by atoms with Crippen molar-refractivity contribution in [3.8, 4) is 51.4 Å². The van der Waals surface area contributed by atoms with Gasteiger partial charge in [0.1, 0.15) is 22.3 Å². The summed E-state index contributed by atoms with van der Waals surface area (Å²) >= 11 is 0. The van der Waals surface area contributed by atoms with Crippen molar-refractivity contribution in [3.63, 3.8) is 0 Å². The maximum atomic E-state index is 9.43. The first-order valence-corrected chi connectivity index (χ1v) is 14.9. The molecule has 9 aromatic rings. The number of benzene rings is 6. The van der Waals surface area contributed by atoms with Gasteiger partial charge in [0.25, 0.3) is 0 Å². The summed E-state index contributed by atoms with van der Waals surface area (Å²) in [5.74, 6) is 1.83. The first-order chi connectivity index (χ1) is 22.7. The molecule has 46 heavy (non-hydrogen) atoms. The number of nitriles is 1. The van der Waals surface area contributed by atoms with Gasteiger partial charge in [-0.25, -0.2) is 15.0 Å². The van der Waals surface area contributed by atoms with Crippen LogP contribution < -0.4 is 0 Å². The molecule has 3 aromatic heterocycles. The van der Waals surface area contributed by atoms with Crippen molar-refractivity contribution in [3.05, 3.63) is 139 Å². The highest BCUT2D eigenvalue weighted by Gasteiger charge is 2.16. The largest absolute Gasteiger partial charge is 0.456 e. The van der Waals surface area contributed by atoms with Crippen molar-refractivity contribution in [1.82, 2.24) is 15.0 Å². The van der Waals surface area contributed by atoms with Gasteiger partial charge in [0.05, 0.1) is 11.6 Å². The molecule has 0 saturated carbocycles. The van der Waals surface area contributed by atoms with Crippen LogP contribution in [0.1, 0.15) is 5.56 Å². The number of nitrogens with zero attached hydrogens (tertiary/aromatic N) is 4. The quantitative estimate of drug-likeness (QED) is 0.203. The average Bonchev–Trinajstić information content (AvgIpc) is 3.68. The zero-order valence-corrected chi connectivity index (χ0v) is 24.3. The molecule has 0 spiro atoms. The second-order valence-electron chi connectivity index (χ2n) is 11.2. The molecule has 6 nitrogen and oxygen atoms in total. The van der Waals surface area contributed by atoms with Gasteiger partial charge in [-0.15, -0.1) is 0 Å². The molecule has 0 unspecified atom stereocenters. The Morgan fingerprint density at radius 2 is 0.783 bits per heavy atom. The topological polar surface area (TPSA) is 88.7 Å². The van der Waals surface area contributed by atoms with E-state index in [0.29, 0.717) is 23.0 Å². The van der Waals surface area contributed by atoms with Crippen LogP contribution >= 0.6 is 0 Å². The molecule has 0 aliphatic rings. The van der Waals surface area contributed by atoms with Gasteiger partial charge in [0.15, 0.2) is 17.5 Å². The van der Waals surface area contributed by atoms with Crippen LogP contribution in [0.5, 0.6) is 0 Å². The second kappa shape index (κ2) is 10.3. The number of rotatable bonds is 4. The molecule has 0 N–H and O–H groups in total. The summed E-state index contributed by atoms with van der Waals surface area (Å²) in [6.45, 7) is 0. The fourth-order valence-electron chi connectivity index (χ4n) is 6.06. The minimum atomic E-state index is 0.592. The van der Waals surface area contributed by atoms with Crippen molar-refractivity contribution in [2.24, 2.45) is 0 Å². The summed E-state index contributed by atoms with van der Waals surface area (Å²) in [7, 11) is 0. The number of fused-ring (bicyclic) bond motifs is 6. The lowest BCUT2D eigenvalue weighted by Gasteiger charge is -2.08. The summed E-state index contributed by atoms with van der Waals surface area (Å²) in [6.07, 6.45) is 0. The summed E-state index contributed by atoms with van der Waals surface area (Å²) in [6, 6.07) is 46.2. The van der Waals surface area contributed by atoms with Crippen molar-refractivity contribution in [2.45, 2.75) is 0 Å². The summed E-state index contributed by atoms with van der Waals surface area (Å²) in [5, 5.41) is 13.3. The molecule has 3 heterocycles. The third-order valence-corrected chi connectivity index (χ3v) is 8.36. The van der Waals surface area contributed by atoms with E-state index in [1.165, 1.54) is 0 Å². The normalized spacial score (nSPS) is 11.5. The molecular weight excluding hydrogens is 568 g/mol. The monoisotopic (exact) mass is 590 g/mol. The highest BCUT2D eigenvalue weighted by molar-refractivity contribution is 6.09.